The van der Waals surface area contributed by atoms with E-state index in [0.717, 1.165) is 0 Å². The van der Waals surface area contributed by atoms with Crippen molar-refractivity contribution in [3.8, 4) is 5.75 Å². The molecule has 0 saturated carbocycles. The summed E-state index contributed by atoms with van der Waals surface area (Å²) in [5.74, 6) is -2.34. The third-order valence-corrected chi connectivity index (χ3v) is 5.61. The van der Waals surface area contributed by atoms with E-state index in [1.807, 2.05) is 0 Å². The van der Waals surface area contributed by atoms with E-state index in [0.29, 0.717) is 0 Å². The van der Waals surface area contributed by atoms with Crippen LogP contribution < -0.4 is 10.1 Å². The van der Waals surface area contributed by atoms with Gasteiger partial charge in [0, 0.05) is 0 Å². The molecule has 29 heavy (non-hydrogen) atoms. The summed E-state index contributed by atoms with van der Waals surface area (Å²) in [4.78, 5) is 34.4. The number of rotatable bonds is 6. The third kappa shape index (κ3) is 5.41. The molecule has 0 spiro atoms. The molecule has 1 amide bonds. The van der Waals surface area contributed by atoms with Gasteiger partial charge in [-0.25, -0.2) is 8.42 Å². The lowest BCUT2D eigenvalue weighted by atomic mass is 9.97. The SMILES string of the molecule is CC(C)(C)C(=O)Oc1ccc(S(=O)(=O)c2ccccc2C(=O)NCC(=O)O)cc1. The Balaban J connectivity index is 2.33. The summed E-state index contributed by atoms with van der Waals surface area (Å²) in [5, 5.41) is 10.8. The van der Waals surface area contributed by atoms with E-state index in [4.69, 9.17) is 9.84 Å². The molecule has 0 fully saturated rings. The minimum atomic E-state index is -4.08. The molecule has 0 aliphatic heterocycles. The molecule has 0 heterocycles. The van der Waals surface area contributed by atoms with Crippen LogP contribution in [0.5, 0.6) is 5.75 Å². The van der Waals surface area contributed by atoms with Crippen LogP contribution in [0.4, 0.5) is 0 Å². The minimum absolute atomic E-state index is 0.105. The van der Waals surface area contributed by atoms with Crippen molar-refractivity contribution in [3.63, 3.8) is 0 Å². The highest BCUT2D eigenvalue weighted by Gasteiger charge is 2.26. The van der Waals surface area contributed by atoms with Gasteiger partial charge in [0.15, 0.2) is 0 Å². The molecule has 0 saturated heterocycles. The van der Waals surface area contributed by atoms with Gasteiger partial charge in [-0.05, 0) is 57.2 Å². The molecule has 0 aliphatic carbocycles. The van der Waals surface area contributed by atoms with Gasteiger partial charge in [-0.3, -0.25) is 14.4 Å². The van der Waals surface area contributed by atoms with Crippen LogP contribution in [0, 0.1) is 5.41 Å². The second-order valence-electron chi connectivity index (χ2n) is 7.19. The number of sulfone groups is 1. The number of hydrogen-bond acceptors (Lipinski definition) is 6. The summed E-state index contributed by atoms with van der Waals surface area (Å²) in [5.41, 5.74) is -0.885. The van der Waals surface area contributed by atoms with E-state index in [9.17, 15) is 22.8 Å². The lowest BCUT2D eigenvalue weighted by Gasteiger charge is -2.16. The van der Waals surface area contributed by atoms with E-state index in [1.165, 1.54) is 48.5 Å². The fraction of sp³-hybridized carbons (Fsp3) is 0.250. The van der Waals surface area contributed by atoms with Crippen molar-refractivity contribution in [1.29, 1.82) is 0 Å². The molecule has 2 rings (SSSR count). The molecule has 9 heteroatoms. The first-order valence-corrected chi connectivity index (χ1v) is 10.1. The molecule has 0 bridgehead atoms. The second-order valence-corrected chi connectivity index (χ2v) is 9.11. The van der Waals surface area contributed by atoms with Crippen molar-refractivity contribution < 1.29 is 32.6 Å². The first-order valence-electron chi connectivity index (χ1n) is 8.59. The van der Waals surface area contributed by atoms with Gasteiger partial charge in [-0.2, -0.15) is 0 Å². The number of ether oxygens (including phenoxy) is 1. The molecule has 0 unspecified atom stereocenters. The van der Waals surface area contributed by atoms with Crippen LogP contribution >= 0.6 is 0 Å². The molecule has 2 aromatic rings. The van der Waals surface area contributed by atoms with Crippen LogP contribution in [0.2, 0.25) is 0 Å². The number of carboxylic acids is 1. The van der Waals surface area contributed by atoms with E-state index in [-0.39, 0.29) is 21.1 Å². The van der Waals surface area contributed by atoms with E-state index in [2.05, 4.69) is 5.32 Å². The van der Waals surface area contributed by atoms with Gasteiger partial charge < -0.3 is 15.2 Å². The summed E-state index contributed by atoms with van der Waals surface area (Å²) in [7, 11) is -4.08. The Morgan fingerprint density at radius 3 is 2.14 bits per heavy atom. The maximum atomic E-state index is 13.0. The number of esters is 1. The van der Waals surface area contributed by atoms with Crippen LogP contribution in [0.1, 0.15) is 31.1 Å². The van der Waals surface area contributed by atoms with Gasteiger partial charge >= 0.3 is 11.9 Å². The smallest absolute Gasteiger partial charge is 0.322 e. The van der Waals surface area contributed by atoms with E-state index in [1.54, 1.807) is 20.8 Å². The van der Waals surface area contributed by atoms with Crippen molar-refractivity contribution >= 4 is 27.7 Å². The maximum Gasteiger partial charge on any atom is 0.322 e. The third-order valence-electron chi connectivity index (χ3n) is 3.78. The molecule has 0 aliphatic rings. The highest BCUT2D eigenvalue weighted by atomic mass is 32.2. The largest absolute Gasteiger partial charge is 0.480 e. The molecule has 8 nitrogen and oxygen atoms in total. The van der Waals surface area contributed by atoms with Gasteiger partial charge in [-0.15, -0.1) is 0 Å². The number of carbonyl (C=O) groups excluding carboxylic acids is 2. The van der Waals surface area contributed by atoms with Crippen LogP contribution in [-0.2, 0) is 19.4 Å². The second kappa shape index (κ2) is 8.44. The summed E-state index contributed by atoms with van der Waals surface area (Å²) in [6, 6.07) is 10.7. The molecular formula is C20H21NO7S. The number of hydrogen-bond donors (Lipinski definition) is 2. The first kappa shape index (κ1) is 22.1. The zero-order valence-electron chi connectivity index (χ0n) is 16.1. The molecule has 2 aromatic carbocycles. The van der Waals surface area contributed by atoms with Gasteiger partial charge in [-0.1, -0.05) is 12.1 Å². The molecular weight excluding hydrogens is 398 g/mol. The fourth-order valence-electron chi connectivity index (χ4n) is 2.21. The minimum Gasteiger partial charge on any atom is -0.480 e. The van der Waals surface area contributed by atoms with Gasteiger partial charge in [0.05, 0.1) is 20.8 Å². The Morgan fingerprint density at radius 2 is 1.59 bits per heavy atom. The average molecular weight is 419 g/mol. The van der Waals surface area contributed by atoms with Crippen LogP contribution in [0.25, 0.3) is 0 Å². The van der Waals surface area contributed by atoms with Crippen molar-refractivity contribution in [2.24, 2.45) is 5.41 Å². The Bertz CT molecular complexity index is 1040. The van der Waals surface area contributed by atoms with Crippen LogP contribution in [0.3, 0.4) is 0 Å². The molecule has 2 N–H and O–H groups in total. The highest BCUT2D eigenvalue weighted by molar-refractivity contribution is 7.91. The monoisotopic (exact) mass is 419 g/mol. The summed E-state index contributed by atoms with van der Waals surface area (Å²) < 4.78 is 31.2. The van der Waals surface area contributed by atoms with Gasteiger partial charge in [0.2, 0.25) is 9.84 Å². The van der Waals surface area contributed by atoms with Gasteiger partial charge in [0.1, 0.15) is 12.3 Å². The number of aliphatic carboxylic acids is 1. The first-order chi connectivity index (χ1) is 13.4. The zero-order chi connectivity index (χ0) is 21.8. The summed E-state index contributed by atoms with van der Waals surface area (Å²) >= 11 is 0. The van der Waals surface area contributed by atoms with E-state index >= 15 is 0 Å². The topological polar surface area (TPSA) is 127 Å². The maximum absolute atomic E-state index is 13.0. The number of carbonyl (C=O) groups is 3. The number of amides is 1. The van der Waals surface area contributed by atoms with Crippen molar-refractivity contribution in [3.05, 3.63) is 54.1 Å². The lowest BCUT2D eigenvalue weighted by molar-refractivity contribution is -0.143. The standard InChI is InChI=1S/C20H21NO7S/c1-20(2,3)19(25)28-13-8-10-14(11-9-13)29(26,27)16-7-5-4-6-15(16)18(24)21-12-17(22)23/h4-11H,12H2,1-3H3,(H,21,24)(H,22,23). The van der Waals surface area contributed by atoms with Crippen LogP contribution in [0.15, 0.2) is 58.3 Å². The van der Waals surface area contributed by atoms with Crippen molar-refractivity contribution in [2.45, 2.75) is 30.6 Å². The predicted octanol–water partition coefficient (Wildman–Crippen LogP) is 2.29. The van der Waals surface area contributed by atoms with E-state index < -0.39 is 39.6 Å². The quantitative estimate of drug-likeness (QED) is 0.543. The molecule has 0 aromatic heterocycles. The molecule has 0 atom stereocenters. The summed E-state index contributed by atoms with van der Waals surface area (Å²) in [6.07, 6.45) is 0. The lowest BCUT2D eigenvalue weighted by Crippen LogP contribution is -2.30. The number of carboxylic acid groups (broad SMARTS) is 1. The Morgan fingerprint density at radius 1 is 1.00 bits per heavy atom. The van der Waals surface area contributed by atoms with Crippen molar-refractivity contribution in [1.82, 2.24) is 5.32 Å². The average Bonchev–Trinajstić information content (AvgIpc) is 2.65. The van der Waals surface area contributed by atoms with Crippen molar-refractivity contribution in [2.75, 3.05) is 6.54 Å². The predicted molar refractivity (Wildman–Crippen MR) is 103 cm³/mol. The molecule has 154 valence electrons. The van der Waals surface area contributed by atoms with Crippen LogP contribution in [-0.4, -0.2) is 37.9 Å². The van der Waals surface area contributed by atoms with Gasteiger partial charge in [0.25, 0.3) is 5.91 Å². The molecule has 0 radical (unpaired) electrons. The highest BCUT2D eigenvalue weighted by Crippen LogP contribution is 2.27. The Labute approximate surface area is 168 Å². The number of nitrogens with one attached hydrogen (secondary N) is 1. The zero-order valence-corrected chi connectivity index (χ0v) is 16.9. The fourth-order valence-corrected chi connectivity index (χ4v) is 3.67. The Hall–Kier alpha value is -3.20. The normalized spacial score (nSPS) is 11.6. The summed E-state index contributed by atoms with van der Waals surface area (Å²) in [6.45, 7) is 4.45. The Kier molecular flexibility index (Phi) is 6.43. The number of benzene rings is 2.